The van der Waals surface area contributed by atoms with Crippen molar-refractivity contribution in [2.24, 2.45) is 0 Å². The summed E-state index contributed by atoms with van der Waals surface area (Å²) in [7, 11) is 0. The van der Waals surface area contributed by atoms with Gasteiger partial charge in [-0.25, -0.2) is 0 Å². The quantitative estimate of drug-likeness (QED) is 0.420. The van der Waals surface area contributed by atoms with E-state index >= 15 is 0 Å². The summed E-state index contributed by atoms with van der Waals surface area (Å²) in [5.74, 6) is 0. The van der Waals surface area contributed by atoms with Gasteiger partial charge >= 0.3 is 31.1 Å². The molecule has 0 bridgehead atoms. The summed E-state index contributed by atoms with van der Waals surface area (Å²) in [6, 6.07) is 0. The second kappa shape index (κ2) is 20.4. The third-order valence-corrected chi connectivity index (χ3v) is 1.97. The van der Waals surface area contributed by atoms with Crippen molar-refractivity contribution in [1.29, 1.82) is 0 Å². The Morgan fingerprint density at radius 1 is 0.684 bits per heavy atom. The second-order valence-corrected chi connectivity index (χ2v) is 7.07. The number of rotatable bonds is 8. The van der Waals surface area contributed by atoms with Crippen molar-refractivity contribution >= 4 is 0 Å². The molecule has 0 aromatic carbocycles. The molecular formula is C12H32N2O4W. The molecule has 0 aliphatic heterocycles. The maximum absolute atomic E-state index is 8.65. The van der Waals surface area contributed by atoms with Crippen LogP contribution in [0.5, 0.6) is 0 Å². The van der Waals surface area contributed by atoms with Crippen molar-refractivity contribution < 1.29 is 41.7 Å². The predicted molar refractivity (Wildman–Crippen MR) is 65.9 cm³/mol. The Hall–Kier alpha value is 0.128. The fraction of sp³-hybridized carbons (Fsp3) is 1.00. The van der Waals surface area contributed by atoms with Crippen LogP contribution in [-0.2, 0) is 23.5 Å². The van der Waals surface area contributed by atoms with E-state index in [1.165, 1.54) is 51.9 Å². The molecular weight excluding hydrogens is 420 g/mol. The normalized spacial score (nSPS) is 10.0. The predicted octanol–water partition coefficient (Wildman–Crippen LogP) is -1.88. The van der Waals surface area contributed by atoms with Crippen LogP contribution in [0, 0.1) is 0 Å². The van der Waals surface area contributed by atoms with Crippen LogP contribution in [0.15, 0.2) is 0 Å². The zero-order valence-electron chi connectivity index (χ0n) is 12.9. The van der Waals surface area contributed by atoms with Gasteiger partial charge in [0.05, 0.1) is 26.2 Å². The topological polar surface area (TPSA) is 113 Å². The Balaban J connectivity index is -0.000000206. The molecule has 0 atom stereocenters. The SMILES string of the molecule is CCC[NH2+]CCC.CCC[NH2+]CCC.[O]=[W](=[O])([O-])[O-]. The van der Waals surface area contributed by atoms with Gasteiger partial charge in [0.1, 0.15) is 0 Å². The minimum atomic E-state index is -6.17. The van der Waals surface area contributed by atoms with Gasteiger partial charge in [-0.2, -0.15) is 0 Å². The fourth-order valence-corrected chi connectivity index (χ4v) is 1.11. The molecule has 0 fully saturated rings. The third-order valence-electron chi connectivity index (χ3n) is 1.97. The summed E-state index contributed by atoms with van der Waals surface area (Å²) in [5.41, 5.74) is 0. The zero-order valence-corrected chi connectivity index (χ0v) is 15.8. The van der Waals surface area contributed by atoms with Crippen LogP contribution in [0.3, 0.4) is 0 Å². The molecule has 120 valence electrons. The van der Waals surface area contributed by atoms with Crippen LogP contribution in [-0.4, -0.2) is 26.2 Å². The van der Waals surface area contributed by atoms with E-state index in [0.717, 1.165) is 0 Å². The van der Waals surface area contributed by atoms with Gasteiger partial charge in [-0.3, -0.25) is 0 Å². The minimum absolute atomic E-state index is 1.30. The molecule has 7 heteroatoms. The molecule has 0 unspecified atom stereocenters. The van der Waals surface area contributed by atoms with Crippen molar-refractivity contribution in [1.82, 2.24) is 0 Å². The van der Waals surface area contributed by atoms with Crippen LogP contribution in [0.4, 0.5) is 0 Å². The molecule has 4 N–H and O–H groups in total. The monoisotopic (exact) mass is 452 g/mol. The van der Waals surface area contributed by atoms with Gasteiger partial charge in [-0.15, -0.1) is 0 Å². The standard InChI is InChI=1S/2C6H15N.4O.W/c2*1-3-5-7-6-4-2;;;;;/h2*7H,3-6H2,1-2H3;;;;;/q;;;;2*-1;/p+2. The summed E-state index contributed by atoms with van der Waals surface area (Å²) < 4.78 is 34.6. The first-order valence-electron chi connectivity index (χ1n) is 7.13. The molecule has 0 amide bonds. The molecule has 0 rings (SSSR count). The van der Waals surface area contributed by atoms with Crippen LogP contribution in [0.25, 0.3) is 0 Å². The average Bonchev–Trinajstić information content (AvgIpc) is 2.29. The summed E-state index contributed by atoms with van der Waals surface area (Å²) in [5, 5.41) is 4.72. The van der Waals surface area contributed by atoms with Crippen LogP contribution >= 0.6 is 0 Å². The first-order chi connectivity index (χ1) is 8.83. The molecule has 0 aliphatic rings. The van der Waals surface area contributed by atoms with E-state index < -0.39 is 16.7 Å². The molecule has 0 saturated heterocycles. The molecule has 19 heavy (non-hydrogen) atoms. The van der Waals surface area contributed by atoms with Gasteiger partial charge in [0.25, 0.3) is 0 Å². The van der Waals surface area contributed by atoms with Crippen molar-refractivity contribution in [2.75, 3.05) is 26.2 Å². The van der Waals surface area contributed by atoms with Gasteiger partial charge in [-0.05, 0) is 25.7 Å². The molecule has 0 heterocycles. The molecule has 0 radical (unpaired) electrons. The molecule has 0 saturated carbocycles. The van der Waals surface area contributed by atoms with Crippen molar-refractivity contribution in [3.05, 3.63) is 0 Å². The molecule has 6 nitrogen and oxygen atoms in total. The summed E-state index contributed by atoms with van der Waals surface area (Å²) in [6.07, 6.45) is 5.22. The molecule has 0 aromatic heterocycles. The van der Waals surface area contributed by atoms with E-state index in [9.17, 15) is 0 Å². The molecule has 0 spiro atoms. The Labute approximate surface area is 121 Å². The summed E-state index contributed by atoms with van der Waals surface area (Å²) in [6.45, 7) is 14.1. The third kappa shape index (κ3) is 71.4. The maximum atomic E-state index is 8.65. The first kappa shape index (κ1) is 24.2. The van der Waals surface area contributed by atoms with Crippen LogP contribution < -0.4 is 18.2 Å². The van der Waals surface area contributed by atoms with Crippen molar-refractivity contribution in [2.45, 2.75) is 53.4 Å². The molecule has 0 aliphatic carbocycles. The number of nitrogens with two attached hydrogens (primary N) is 2. The number of quaternary nitrogens is 2. The number of hydrogen-bond acceptors (Lipinski definition) is 4. The van der Waals surface area contributed by atoms with E-state index in [-0.39, 0.29) is 0 Å². The Morgan fingerprint density at radius 3 is 0.947 bits per heavy atom. The van der Waals surface area contributed by atoms with E-state index in [1.807, 2.05) is 0 Å². The van der Waals surface area contributed by atoms with E-state index in [1.54, 1.807) is 0 Å². The van der Waals surface area contributed by atoms with Crippen LogP contribution in [0.2, 0.25) is 0 Å². The van der Waals surface area contributed by atoms with Crippen molar-refractivity contribution in [3.63, 3.8) is 0 Å². The average molecular weight is 452 g/mol. The zero-order chi connectivity index (χ0) is 15.6. The first-order valence-corrected chi connectivity index (χ1v) is 11.9. The Morgan fingerprint density at radius 2 is 0.842 bits per heavy atom. The Kier molecular flexibility index (Phi) is 26.0. The van der Waals surface area contributed by atoms with Gasteiger partial charge in [0, 0.05) is 0 Å². The fourth-order valence-electron chi connectivity index (χ4n) is 1.11. The van der Waals surface area contributed by atoms with Gasteiger partial charge in [-0.1, -0.05) is 27.7 Å². The van der Waals surface area contributed by atoms with E-state index in [2.05, 4.69) is 38.3 Å². The van der Waals surface area contributed by atoms with E-state index in [4.69, 9.17) is 14.3 Å². The van der Waals surface area contributed by atoms with Crippen molar-refractivity contribution in [3.8, 4) is 0 Å². The Bertz CT molecular complexity index is 208. The van der Waals surface area contributed by atoms with E-state index in [0.29, 0.717) is 0 Å². The second-order valence-electron chi connectivity index (χ2n) is 4.14. The summed E-state index contributed by atoms with van der Waals surface area (Å²) >= 11 is -6.17. The molecule has 0 aromatic rings. The van der Waals surface area contributed by atoms with Gasteiger partial charge < -0.3 is 10.6 Å². The number of hydrogen-bond donors (Lipinski definition) is 2. The van der Waals surface area contributed by atoms with Gasteiger partial charge in [0.2, 0.25) is 0 Å². The van der Waals surface area contributed by atoms with Crippen LogP contribution in [0.1, 0.15) is 53.4 Å². The summed E-state index contributed by atoms with van der Waals surface area (Å²) in [4.78, 5) is 0. The van der Waals surface area contributed by atoms with Gasteiger partial charge in [0.15, 0.2) is 0 Å².